The van der Waals surface area contributed by atoms with Crippen LogP contribution in [0.4, 0.5) is 8.78 Å². The van der Waals surface area contributed by atoms with Crippen molar-refractivity contribution in [3.05, 3.63) is 71.3 Å². The Kier molecular flexibility index (Phi) is 7.95. The Morgan fingerprint density at radius 3 is 2.50 bits per heavy atom. The van der Waals surface area contributed by atoms with Gasteiger partial charge in [0.25, 0.3) is 5.91 Å². The Labute approximate surface area is 186 Å². The van der Waals surface area contributed by atoms with Crippen LogP contribution in [0.2, 0.25) is 0 Å². The molecule has 1 fully saturated rings. The normalized spacial score (nSPS) is 25.7. The molecule has 174 valence electrons. The summed E-state index contributed by atoms with van der Waals surface area (Å²) in [5.41, 5.74) is -0.623. The quantitative estimate of drug-likeness (QED) is 0.577. The van der Waals surface area contributed by atoms with Crippen molar-refractivity contribution < 1.29 is 33.3 Å². The molecule has 0 aromatic heterocycles. The van der Waals surface area contributed by atoms with Crippen LogP contribution in [0.3, 0.4) is 0 Å². The molecule has 4 atom stereocenters. The number of halogens is 2. The van der Waals surface area contributed by atoms with Crippen LogP contribution in [0.25, 0.3) is 0 Å². The smallest absolute Gasteiger partial charge is 0.252 e. The van der Waals surface area contributed by atoms with Crippen molar-refractivity contribution in [3.8, 4) is 0 Å². The first-order valence-electron chi connectivity index (χ1n) is 10.6. The van der Waals surface area contributed by atoms with Crippen LogP contribution in [-0.2, 0) is 27.5 Å². The molecule has 0 saturated heterocycles. The lowest BCUT2D eigenvalue weighted by molar-refractivity contribution is -0.200. The summed E-state index contributed by atoms with van der Waals surface area (Å²) in [4.78, 5) is 13.1. The van der Waals surface area contributed by atoms with E-state index in [1.807, 2.05) is 30.3 Å². The van der Waals surface area contributed by atoms with E-state index in [0.717, 1.165) is 17.7 Å². The number of hydrogen-bond acceptors (Lipinski definition) is 5. The minimum atomic E-state index is -1.56. The third kappa shape index (κ3) is 5.89. The SMILES string of the molecule is CC(C)NC(=O)[C@@]1(OCc2ccc(F)cc2F)CC(OCc2ccccc2)[C@H](O)[C@H](O)C1. The standard InChI is InChI=1S/C24H29F2NO5/c1-15(2)27-23(30)24(32-14-17-8-9-18(25)10-19(17)26)11-20(28)22(29)21(12-24)31-13-16-6-4-3-5-7-16/h3-10,15,20-22,28-29H,11-14H2,1-2H3,(H,27,30)/t20-,21?,22-,24+/m1/s1. The van der Waals surface area contributed by atoms with E-state index in [9.17, 15) is 23.8 Å². The minimum absolute atomic E-state index is 0.0422. The molecule has 1 saturated carbocycles. The van der Waals surface area contributed by atoms with Crippen molar-refractivity contribution >= 4 is 5.91 Å². The Morgan fingerprint density at radius 1 is 1.12 bits per heavy atom. The molecule has 32 heavy (non-hydrogen) atoms. The zero-order valence-electron chi connectivity index (χ0n) is 18.1. The van der Waals surface area contributed by atoms with Gasteiger partial charge in [-0.1, -0.05) is 36.4 Å². The third-order valence-electron chi connectivity index (χ3n) is 5.50. The van der Waals surface area contributed by atoms with Gasteiger partial charge in [0.1, 0.15) is 17.7 Å². The number of ether oxygens (including phenoxy) is 2. The van der Waals surface area contributed by atoms with Gasteiger partial charge in [0.05, 0.1) is 25.4 Å². The zero-order valence-corrected chi connectivity index (χ0v) is 18.1. The molecule has 1 unspecified atom stereocenters. The van der Waals surface area contributed by atoms with Crippen molar-refractivity contribution in [2.45, 2.75) is 69.9 Å². The Bertz CT molecular complexity index is 911. The molecule has 1 aliphatic carbocycles. The number of nitrogens with one attached hydrogen (secondary N) is 1. The summed E-state index contributed by atoms with van der Waals surface area (Å²) in [6.07, 6.45) is -3.64. The molecule has 1 amide bonds. The number of carbonyl (C=O) groups excluding carboxylic acids is 1. The number of benzene rings is 2. The lowest BCUT2D eigenvalue weighted by atomic mass is 9.78. The second-order valence-electron chi connectivity index (χ2n) is 8.45. The summed E-state index contributed by atoms with van der Waals surface area (Å²) in [5.74, 6) is -2.00. The minimum Gasteiger partial charge on any atom is -0.390 e. The van der Waals surface area contributed by atoms with Gasteiger partial charge >= 0.3 is 0 Å². The van der Waals surface area contributed by atoms with Crippen molar-refractivity contribution in [1.82, 2.24) is 5.32 Å². The average molecular weight is 449 g/mol. The van der Waals surface area contributed by atoms with Crippen LogP contribution in [0, 0.1) is 11.6 Å². The molecular weight excluding hydrogens is 420 g/mol. The number of aliphatic hydroxyl groups is 2. The summed E-state index contributed by atoms with van der Waals surface area (Å²) in [6.45, 7) is 3.42. The summed E-state index contributed by atoms with van der Waals surface area (Å²) < 4.78 is 39.1. The Balaban J connectivity index is 1.82. The van der Waals surface area contributed by atoms with E-state index in [1.54, 1.807) is 13.8 Å². The molecule has 0 heterocycles. The number of amides is 1. The number of aliphatic hydroxyl groups excluding tert-OH is 2. The molecule has 0 aliphatic heterocycles. The lowest BCUT2D eigenvalue weighted by Crippen LogP contribution is -2.61. The van der Waals surface area contributed by atoms with Crippen LogP contribution in [0.5, 0.6) is 0 Å². The maximum Gasteiger partial charge on any atom is 0.252 e. The van der Waals surface area contributed by atoms with Crippen LogP contribution < -0.4 is 5.32 Å². The van der Waals surface area contributed by atoms with Crippen LogP contribution >= 0.6 is 0 Å². The monoisotopic (exact) mass is 449 g/mol. The van der Waals surface area contributed by atoms with Crippen LogP contribution in [0.1, 0.15) is 37.8 Å². The van der Waals surface area contributed by atoms with Gasteiger partial charge in [0, 0.05) is 30.5 Å². The average Bonchev–Trinajstić information content (AvgIpc) is 2.74. The van der Waals surface area contributed by atoms with Gasteiger partial charge in [-0.05, 0) is 25.5 Å². The molecule has 6 nitrogen and oxygen atoms in total. The van der Waals surface area contributed by atoms with Crippen molar-refractivity contribution in [3.63, 3.8) is 0 Å². The van der Waals surface area contributed by atoms with Gasteiger partial charge in [-0.25, -0.2) is 8.78 Å². The predicted octanol–water partition coefficient (Wildman–Crippen LogP) is 2.85. The fraction of sp³-hybridized carbons (Fsp3) is 0.458. The van der Waals surface area contributed by atoms with E-state index in [4.69, 9.17) is 9.47 Å². The number of hydrogen-bond donors (Lipinski definition) is 3. The maximum atomic E-state index is 14.1. The van der Waals surface area contributed by atoms with E-state index in [-0.39, 0.29) is 37.7 Å². The van der Waals surface area contributed by atoms with E-state index < -0.39 is 41.5 Å². The molecule has 0 spiro atoms. The Hall–Kier alpha value is -2.39. The van der Waals surface area contributed by atoms with E-state index in [1.165, 1.54) is 6.07 Å². The fourth-order valence-electron chi connectivity index (χ4n) is 3.79. The predicted molar refractivity (Wildman–Crippen MR) is 113 cm³/mol. The van der Waals surface area contributed by atoms with Gasteiger partial charge < -0.3 is 25.0 Å². The van der Waals surface area contributed by atoms with Gasteiger partial charge in [0.2, 0.25) is 0 Å². The van der Waals surface area contributed by atoms with Crippen LogP contribution in [0.15, 0.2) is 48.5 Å². The lowest BCUT2D eigenvalue weighted by Gasteiger charge is -2.44. The summed E-state index contributed by atoms with van der Waals surface area (Å²) >= 11 is 0. The molecule has 3 rings (SSSR count). The molecule has 2 aromatic rings. The summed E-state index contributed by atoms with van der Waals surface area (Å²) in [7, 11) is 0. The second kappa shape index (κ2) is 10.5. The fourth-order valence-corrected chi connectivity index (χ4v) is 3.79. The zero-order chi connectivity index (χ0) is 23.3. The van der Waals surface area contributed by atoms with Crippen molar-refractivity contribution in [1.29, 1.82) is 0 Å². The molecular formula is C24H29F2NO5. The van der Waals surface area contributed by atoms with E-state index in [2.05, 4.69) is 5.32 Å². The van der Waals surface area contributed by atoms with Gasteiger partial charge in [-0.2, -0.15) is 0 Å². The first kappa shape index (κ1) is 24.3. The summed E-state index contributed by atoms with van der Waals surface area (Å²) in [6, 6.07) is 12.2. The van der Waals surface area contributed by atoms with E-state index >= 15 is 0 Å². The molecule has 8 heteroatoms. The molecule has 1 aliphatic rings. The highest BCUT2D eigenvalue weighted by Gasteiger charge is 2.51. The molecule has 0 bridgehead atoms. The van der Waals surface area contributed by atoms with Gasteiger partial charge in [-0.3, -0.25) is 4.79 Å². The second-order valence-corrected chi connectivity index (χ2v) is 8.45. The molecule has 3 N–H and O–H groups in total. The topological polar surface area (TPSA) is 88.0 Å². The summed E-state index contributed by atoms with van der Waals surface area (Å²) in [5, 5.41) is 23.8. The molecule has 0 radical (unpaired) electrons. The van der Waals surface area contributed by atoms with Crippen molar-refractivity contribution in [2.75, 3.05) is 0 Å². The largest absolute Gasteiger partial charge is 0.390 e. The van der Waals surface area contributed by atoms with E-state index in [0.29, 0.717) is 0 Å². The third-order valence-corrected chi connectivity index (χ3v) is 5.50. The number of rotatable bonds is 8. The highest BCUT2D eigenvalue weighted by atomic mass is 19.1. The van der Waals surface area contributed by atoms with Gasteiger partial charge in [-0.15, -0.1) is 0 Å². The first-order valence-corrected chi connectivity index (χ1v) is 10.6. The Morgan fingerprint density at radius 2 is 1.84 bits per heavy atom. The highest BCUT2D eigenvalue weighted by Crippen LogP contribution is 2.36. The maximum absolute atomic E-state index is 14.1. The molecule has 2 aromatic carbocycles. The van der Waals surface area contributed by atoms with Crippen LogP contribution in [-0.4, -0.2) is 46.1 Å². The highest BCUT2D eigenvalue weighted by molar-refractivity contribution is 5.85. The van der Waals surface area contributed by atoms with Crippen molar-refractivity contribution in [2.24, 2.45) is 0 Å². The first-order chi connectivity index (χ1) is 15.2. The number of carbonyl (C=O) groups is 1. The van der Waals surface area contributed by atoms with Gasteiger partial charge in [0.15, 0.2) is 5.60 Å².